The molecule has 0 bridgehead atoms. The molecule has 1 aromatic carbocycles. The summed E-state index contributed by atoms with van der Waals surface area (Å²) >= 11 is 0. The minimum atomic E-state index is -0.372. The average Bonchev–Trinajstić information content (AvgIpc) is 2.83. The van der Waals surface area contributed by atoms with Crippen LogP contribution in [0.3, 0.4) is 0 Å². The van der Waals surface area contributed by atoms with E-state index in [1.54, 1.807) is 38.1 Å². The Bertz CT molecular complexity index is 612. The van der Waals surface area contributed by atoms with Crippen LogP contribution in [0.15, 0.2) is 45.9 Å². The monoisotopic (exact) mass is 257 g/mol. The minimum Gasteiger partial charge on any atom is -0.456 e. The van der Waals surface area contributed by atoms with E-state index in [1.807, 2.05) is 12.1 Å². The highest BCUT2D eigenvalue weighted by Crippen LogP contribution is 2.07. The van der Waals surface area contributed by atoms with Crippen LogP contribution < -0.4 is 11.2 Å². The number of nitrogens with two attached hydrogens (primary N) is 1. The zero-order valence-electron chi connectivity index (χ0n) is 10.8. The first kappa shape index (κ1) is 12.9. The van der Waals surface area contributed by atoms with Crippen LogP contribution in [0.1, 0.15) is 28.8 Å². The van der Waals surface area contributed by atoms with Crippen LogP contribution in [0, 0.1) is 6.92 Å². The fraction of sp³-hybridized carbons (Fsp3) is 0.143. The predicted molar refractivity (Wildman–Crippen MR) is 74.0 cm³/mol. The summed E-state index contributed by atoms with van der Waals surface area (Å²) < 4.78 is 5.20. The standard InChI is InChI=1S/C14H15N3O2/c1-9-3-8-13(19-9)14(18)17-16-10(2)11-4-6-12(15)7-5-11/h3-8H,15H2,1-2H3,(H,17,18)/b16-10+. The lowest BCUT2D eigenvalue weighted by molar-refractivity contribution is 0.0926. The fourth-order valence-corrected chi connectivity index (χ4v) is 1.54. The number of carbonyl (C=O) groups is 1. The molecule has 1 heterocycles. The Morgan fingerprint density at radius 1 is 1.21 bits per heavy atom. The van der Waals surface area contributed by atoms with Gasteiger partial charge in [-0.3, -0.25) is 4.79 Å². The van der Waals surface area contributed by atoms with Gasteiger partial charge in [0, 0.05) is 5.69 Å². The molecule has 0 fully saturated rings. The van der Waals surface area contributed by atoms with Crippen LogP contribution in [0.2, 0.25) is 0 Å². The number of benzene rings is 1. The number of hydrogen-bond acceptors (Lipinski definition) is 4. The molecule has 98 valence electrons. The molecule has 0 unspecified atom stereocenters. The van der Waals surface area contributed by atoms with Gasteiger partial charge in [0.05, 0.1) is 5.71 Å². The van der Waals surface area contributed by atoms with Gasteiger partial charge in [-0.15, -0.1) is 0 Å². The van der Waals surface area contributed by atoms with Crippen molar-refractivity contribution in [1.82, 2.24) is 5.43 Å². The molecule has 1 amide bonds. The van der Waals surface area contributed by atoms with Crippen molar-refractivity contribution in [3.63, 3.8) is 0 Å². The van der Waals surface area contributed by atoms with E-state index in [1.165, 1.54) is 0 Å². The van der Waals surface area contributed by atoms with Crippen molar-refractivity contribution in [2.24, 2.45) is 5.10 Å². The van der Waals surface area contributed by atoms with Gasteiger partial charge in [-0.2, -0.15) is 5.10 Å². The maximum Gasteiger partial charge on any atom is 0.307 e. The first-order chi connectivity index (χ1) is 9.06. The summed E-state index contributed by atoms with van der Waals surface area (Å²) in [6.07, 6.45) is 0. The van der Waals surface area contributed by atoms with E-state index in [9.17, 15) is 4.79 Å². The van der Waals surface area contributed by atoms with Crippen LogP contribution in [-0.2, 0) is 0 Å². The summed E-state index contributed by atoms with van der Waals surface area (Å²) in [7, 11) is 0. The van der Waals surface area contributed by atoms with Crippen molar-refractivity contribution in [2.75, 3.05) is 5.73 Å². The quantitative estimate of drug-likeness (QED) is 0.503. The molecule has 0 aliphatic carbocycles. The minimum absolute atomic E-state index is 0.242. The Morgan fingerprint density at radius 3 is 2.47 bits per heavy atom. The Balaban J connectivity index is 2.06. The molecule has 0 aliphatic heterocycles. The highest BCUT2D eigenvalue weighted by atomic mass is 16.3. The summed E-state index contributed by atoms with van der Waals surface area (Å²) in [6.45, 7) is 3.58. The summed E-state index contributed by atoms with van der Waals surface area (Å²) in [5.41, 5.74) is 10.3. The van der Waals surface area contributed by atoms with Crippen molar-refractivity contribution in [2.45, 2.75) is 13.8 Å². The first-order valence-corrected chi connectivity index (χ1v) is 5.83. The number of hydrogen-bond donors (Lipinski definition) is 2. The number of hydrazone groups is 1. The van der Waals surface area contributed by atoms with E-state index in [0.29, 0.717) is 17.2 Å². The van der Waals surface area contributed by atoms with Crippen molar-refractivity contribution in [1.29, 1.82) is 0 Å². The molecule has 5 heteroatoms. The molecule has 0 saturated heterocycles. The number of amides is 1. The Labute approximate surface area is 111 Å². The van der Waals surface area contributed by atoms with Gasteiger partial charge in [-0.05, 0) is 43.7 Å². The SMILES string of the molecule is C/C(=N\NC(=O)c1ccc(C)o1)c1ccc(N)cc1. The molecule has 0 atom stereocenters. The van der Waals surface area contributed by atoms with Gasteiger partial charge >= 0.3 is 5.91 Å². The number of anilines is 1. The van der Waals surface area contributed by atoms with Crippen molar-refractivity contribution < 1.29 is 9.21 Å². The number of carbonyl (C=O) groups excluding carboxylic acids is 1. The normalized spacial score (nSPS) is 11.4. The Kier molecular flexibility index (Phi) is 3.66. The van der Waals surface area contributed by atoms with Gasteiger partial charge < -0.3 is 10.2 Å². The molecule has 0 radical (unpaired) electrons. The highest BCUT2D eigenvalue weighted by Gasteiger charge is 2.08. The van der Waals surface area contributed by atoms with Crippen molar-refractivity contribution >= 4 is 17.3 Å². The zero-order chi connectivity index (χ0) is 13.8. The lowest BCUT2D eigenvalue weighted by Gasteiger charge is -2.02. The molecule has 2 rings (SSSR count). The number of nitrogen functional groups attached to an aromatic ring is 1. The molecular formula is C14H15N3O2. The lowest BCUT2D eigenvalue weighted by atomic mass is 10.1. The topological polar surface area (TPSA) is 80.6 Å². The molecule has 2 aromatic rings. The van der Waals surface area contributed by atoms with E-state index in [4.69, 9.17) is 10.2 Å². The molecule has 3 N–H and O–H groups in total. The van der Waals surface area contributed by atoms with Gasteiger partial charge in [0.1, 0.15) is 5.76 Å². The number of rotatable bonds is 3. The number of nitrogens with one attached hydrogen (secondary N) is 1. The molecule has 5 nitrogen and oxygen atoms in total. The van der Waals surface area contributed by atoms with Gasteiger partial charge in [0.2, 0.25) is 0 Å². The number of furan rings is 1. The van der Waals surface area contributed by atoms with E-state index in [2.05, 4.69) is 10.5 Å². The van der Waals surface area contributed by atoms with Crippen LogP contribution in [0.25, 0.3) is 0 Å². The molecule has 1 aromatic heterocycles. The van der Waals surface area contributed by atoms with Crippen LogP contribution in [0.4, 0.5) is 5.69 Å². The zero-order valence-corrected chi connectivity index (χ0v) is 10.8. The Morgan fingerprint density at radius 2 is 1.89 bits per heavy atom. The second-order valence-electron chi connectivity index (χ2n) is 4.17. The summed E-state index contributed by atoms with van der Waals surface area (Å²) in [5, 5.41) is 4.03. The molecule has 0 spiro atoms. The summed E-state index contributed by atoms with van der Waals surface area (Å²) in [6, 6.07) is 10.6. The third kappa shape index (κ3) is 3.22. The summed E-state index contributed by atoms with van der Waals surface area (Å²) in [4.78, 5) is 11.7. The third-order valence-corrected chi connectivity index (χ3v) is 2.62. The molecular weight excluding hydrogens is 242 g/mol. The number of aryl methyl sites for hydroxylation is 1. The number of nitrogens with zero attached hydrogens (tertiary/aromatic N) is 1. The molecule has 0 aliphatic rings. The maximum atomic E-state index is 11.7. The van der Waals surface area contributed by atoms with Crippen LogP contribution in [-0.4, -0.2) is 11.6 Å². The van der Waals surface area contributed by atoms with Gasteiger partial charge in [0.25, 0.3) is 0 Å². The average molecular weight is 257 g/mol. The van der Waals surface area contributed by atoms with Crippen LogP contribution in [0.5, 0.6) is 0 Å². The van der Waals surface area contributed by atoms with E-state index in [-0.39, 0.29) is 11.7 Å². The second-order valence-corrected chi connectivity index (χ2v) is 4.17. The second kappa shape index (κ2) is 5.39. The van der Waals surface area contributed by atoms with E-state index >= 15 is 0 Å². The van der Waals surface area contributed by atoms with Gasteiger partial charge in [-0.1, -0.05) is 12.1 Å². The molecule has 19 heavy (non-hydrogen) atoms. The summed E-state index contributed by atoms with van der Waals surface area (Å²) in [5.74, 6) is 0.554. The molecule has 0 saturated carbocycles. The van der Waals surface area contributed by atoms with Gasteiger partial charge in [0.15, 0.2) is 5.76 Å². The smallest absolute Gasteiger partial charge is 0.307 e. The first-order valence-electron chi connectivity index (χ1n) is 5.83. The maximum absolute atomic E-state index is 11.7. The third-order valence-electron chi connectivity index (χ3n) is 2.62. The fourth-order valence-electron chi connectivity index (χ4n) is 1.54. The Hall–Kier alpha value is -2.56. The van der Waals surface area contributed by atoms with E-state index < -0.39 is 0 Å². The van der Waals surface area contributed by atoms with E-state index in [0.717, 1.165) is 5.56 Å². The lowest BCUT2D eigenvalue weighted by Crippen LogP contribution is -2.18. The van der Waals surface area contributed by atoms with Crippen LogP contribution >= 0.6 is 0 Å². The predicted octanol–water partition coefficient (Wildman–Crippen LogP) is 2.32. The van der Waals surface area contributed by atoms with Gasteiger partial charge in [-0.25, -0.2) is 5.43 Å². The van der Waals surface area contributed by atoms with Crippen molar-refractivity contribution in [3.8, 4) is 0 Å². The largest absolute Gasteiger partial charge is 0.456 e. The van der Waals surface area contributed by atoms with Crippen molar-refractivity contribution in [3.05, 3.63) is 53.5 Å². The highest BCUT2D eigenvalue weighted by molar-refractivity contribution is 6.00.